The van der Waals surface area contributed by atoms with Crippen LogP contribution in [0.25, 0.3) is 20.7 Å². The van der Waals surface area contributed by atoms with Crippen molar-refractivity contribution in [2.75, 3.05) is 18.0 Å². The Balaban J connectivity index is 1.74. The molecule has 1 aromatic carbocycles. The summed E-state index contributed by atoms with van der Waals surface area (Å²) >= 11 is 1.64. The fourth-order valence-electron chi connectivity index (χ4n) is 3.21. The number of hydrogen-bond acceptors (Lipinski definition) is 5. The van der Waals surface area contributed by atoms with Crippen LogP contribution < -0.4 is 4.90 Å². The molecule has 0 spiro atoms. The fraction of sp³-hybridized carbons (Fsp3) is 0.278. The van der Waals surface area contributed by atoms with E-state index in [2.05, 4.69) is 33.1 Å². The maximum absolute atomic E-state index is 11.3. The van der Waals surface area contributed by atoms with Gasteiger partial charge < -0.3 is 10.0 Å². The Morgan fingerprint density at radius 2 is 2.08 bits per heavy atom. The van der Waals surface area contributed by atoms with Crippen molar-refractivity contribution in [2.45, 2.75) is 12.8 Å². The first kappa shape index (κ1) is 15.1. The number of nitrogens with zero attached hydrogens (tertiary/aromatic N) is 3. The molecule has 0 amide bonds. The summed E-state index contributed by atoms with van der Waals surface area (Å²) in [6, 6.07) is 12.3. The van der Waals surface area contributed by atoms with Crippen LogP contribution in [0.3, 0.4) is 0 Å². The van der Waals surface area contributed by atoms with E-state index in [1.165, 1.54) is 0 Å². The number of fused-ring (bicyclic) bond motifs is 1. The van der Waals surface area contributed by atoms with Gasteiger partial charge in [-0.25, -0.2) is 9.97 Å². The highest BCUT2D eigenvalue weighted by atomic mass is 32.1. The second-order valence-corrected chi connectivity index (χ2v) is 7.05. The Hall–Kier alpha value is -2.47. The molecule has 4 rings (SSSR count). The molecule has 122 valence electrons. The minimum absolute atomic E-state index is 0.323. The third-order valence-corrected chi connectivity index (χ3v) is 5.53. The zero-order chi connectivity index (χ0) is 16.5. The van der Waals surface area contributed by atoms with E-state index >= 15 is 0 Å². The predicted octanol–water partition coefficient (Wildman–Crippen LogP) is 3.66. The summed E-state index contributed by atoms with van der Waals surface area (Å²) in [4.78, 5) is 24.4. The lowest BCUT2D eigenvalue weighted by Crippen LogP contribution is -2.39. The van der Waals surface area contributed by atoms with Gasteiger partial charge in [0.2, 0.25) is 0 Å². The van der Waals surface area contributed by atoms with E-state index in [4.69, 9.17) is 0 Å². The van der Waals surface area contributed by atoms with Crippen molar-refractivity contribution in [3.05, 3.63) is 42.7 Å². The van der Waals surface area contributed by atoms with Gasteiger partial charge in [-0.05, 0) is 24.5 Å². The predicted molar refractivity (Wildman–Crippen MR) is 95.4 cm³/mol. The van der Waals surface area contributed by atoms with Crippen LogP contribution in [0.15, 0.2) is 42.7 Å². The molecular weight excluding hydrogens is 322 g/mol. The summed E-state index contributed by atoms with van der Waals surface area (Å²) < 4.78 is 0. The first-order valence-electron chi connectivity index (χ1n) is 8.00. The van der Waals surface area contributed by atoms with Crippen LogP contribution in [0.1, 0.15) is 12.8 Å². The fourth-order valence-corrected chi connectivity index (χ4v) is 4.21. The quantitative estimate of drug-likeness (QED) is 0.789. The van der Waals surface area contributed by atoms with E-state index in [0.29, 0.717) is 6.54 Å². The lowest BCUT2D eigenvalue weighted by Gasteiger charge is -2.31. The number of piperidine rings is 1. The van der Waals surface area contributed by atoms with Crippen LogP contribution in [-0.4, -0.2) is 34.1 Å². The standard InChI is InChI=1S/C18H17N3O2S/c22-18(23)13-7-4-8-21(10-13)16-14-9-15(12-5-2-1-3-6-12)24-17(14)20-11-19-16/h1-3,5-6,9,11,13H,4,7-8,10H2,(H,22,23)/t13-/m0/s1. The molecular formula is C18H17N3O2S. The maximum atomic E-state index is 11.3. The molecule has 3 aromatic rings. The van der Waals surface area contributed by atoms with Gasteiger partial charge in [0.1, 0.15) is 17.0 Å². The average molecular weight is 339 g/mol. The van der Waals surface area contributed by atoms with Crippen molar-refractivity contribution < 1.29 is 9.90 Å². The number of carboxylic acids is 1. The highest BCUT2D eigenvalue weighted by molar-refractivity contribution is 7.21. The molecule has 1 aliphatic heterocycles. The molecule has 0 radical (unpaired) electrons. The number of rotatable bonds is 3. The number of aromatic nitrogens is 2. The Kier molecular flexibility index (Phi) is 3.90. The van der Waals surface area contributed by atoms with E-state index in [-0.39, 0.29) is 5.92 Å². The number of hydrogen-bond donors (Lipinski definition) is 1. The minimum atomic E-state index is -0.722. The molecule has 1 fully saturated rings. The molecule has 5 nitrogen and oxygen atoms in total. The third-order valence-electron chi connectivity index (χ3n) is 4.44. The molecule has 3 heterocycles. The SMILES string of the molecule is O=C(O)[C@H]1CCCN(c2ncnc3sc(-c4ccccc4)cc23)C1. The Morgan fingerprint density at radius 3 is 2.88 bits per heavy atom. The molecule has 0 bridgehead atoms. The largest absolute Gasteiger partial charge is 0.481 e. The van der Waals surface area contributed by atoms with Crippen LogP contribution in [-0.2, 0) is 4.79 Å². The van der Waals surface area contributed by atoms with E-state index in [9.17, 15) is 9.90 Å². The van der Waals surface area contributed by atoms with Crippen molar-refractivity contribution in [1.82, 2.24) is 9.97 Å². The normalized spacial score (nSPS) is 18.0. The lowest BCUT2D eigenvalue weighted by molar-refractivity contribution is -0.141. The summed E-state index contributed by atoms with van der Waals surface area (Å²) in [6.07, 6.45) is 3.18. The number of carboxylic acid groups (broad SMARTS) is 1. The number of benzene rings is 1. The second kappa shape index (κ2) is 6.20. The van der Waals surface area contributed by atoms with Gasteiger partial charge in [-0.1, -0.05) is 30.3 Å². The van der Waals surface area contributed by atoms with Gasteiger partial charge in [-0.15, -0.1) is 11.3 Å². The van der Waals surface area contributed by atoms with Crippen molar-refractivity contribution in [2.24, 2.45) is 5.92 Å². The third kappa shape index (κ3) is 2.73. The molecule has 1 N–H and O–H groups in total. The topological polar surface area (TPSA) is 66.3 Å². The summed E-state index contributed by atoms with van der Waals surface area (Å²) in [6.45, 7) is 1.35. The minimum Gasteiger partial charge on any atom is -0.481 e. The van der Waals surface area contributed by atoms with Gasteiger partial charge >= 0.3 is 5.97 Å². The number of thiophene rings is 1. The van der Waals surface area contributed by atoms with Crippen LogP contribution >= 0.6 is 11.3 Å². The summed E-state index contributed by atoms with van der Waals surface area (Å²) in [7, 11) is 0. The maximum Gasteiger partial charge on any atom is 0.308 e. The Bertz CT molecular complexity index is 878. The zero-order valence-electron chi connectivity index (χ0n) is 13.1. The van der Waals surface area contributed by atoms with Gasteiger partial charge in [0.25, 0.3) is 0 Å². The van der Waals surface area contributed by atoms with Gasteiger partial charge in [-0.3, -0.25) is 4.79 Å². The van der Waals surface area contributed by atoms with Crippen LogP contribution in [0.5, 0.6) is 0 Å². The molecule has 1 saturated heterocycles. The number of carbonyl (C=O) groups is 1. The van der Waals surface area contributed by atoms with E-state index < -0.39 is 5.97 Å². The lowest BCUT2D eigenvalue weighted by atomic mass is 9.98. The van der Waals surface area contributed by atoms with Gasteiger partial charge in [0.05, 0.1) is 11.3 Å². The number of anilines is 1. The van der Waals surface area contributed by atoms with Crippen molar-refractivity contribution >= 4 is 33.3 Å². The molecule has 2 aromatic heterocycles. The van der Waals surface area contributed by atoms with Gasteiger partial charge in [0.15, 0.2) is 0 Å². The molecule has 0 saturated carbocycles. The van der Waals surface area contributed by atoms with E-state index in [0.717, 1.165) is 45.9 Å². The van der Waals surface area contributed by atoms with E-state index in [1.54, 1.807) is 17.7 Å². The summed E-state index contributed by atoms with van der Waals surface area (Å²) in [5.74, 6) is -0.194. The van der Waals surface area contributed by atoms with E-state index in [1.807, 2.05) is 18.2 Å². The summed E-state index contributed by atoms with van der Waals surface area (Å²) in [5, 5.41) is 10.3. The average Bonchev–Trinajstić information content (AvgIpc) is 3.07. The van der Waals surface area contributed by atoms with Gasteiger partial charge in [-0.2, -0.15) is 0 Å². The molecule has 1 aliphatic rings. The second-order valence-electron chi connectivity index (χ2n) is 6.02. The molecule has 0 aliphatic carbocycles. The highest BCUT2D eigenvalue weighted by Gasteiger charge is 2.27. The smallest absolute Gasteiger partial charge is 0.308 e. The summed E-state index contributed by atoms with van der Waals surface area (Å²) in [5.41, 5.74) is 1.16. The molecule has 0 unspecified atom stereocenters. The van der Waals surface area contributed by atoms with Crippen LogP contribution in [0.2, 0.25) is 0 Å². The monoisotopic (exact) mass is 339 g/mol. The number of aliphatic carboxylic acids is 1. The van der Waals surface area contributed by atoms with Crippen molar-refractivity contribution in [1.29, 1.82) is 0 Å². The Labute approximate surface area is 143 Å². The van der Waals surface area contributed by atoms with Gasteiger partial charge in [0, 0.05) is 18.0 Å². The first-order valence-corrected chi connectivity index (χ1v) is 8.82. The molecule has 1 atom stereocenters. The molecule has 24 heavy (non-hydrogen) atoms. The Morgan fingerprint density at radius 1 is 1.25 bits per heavy atom. The van der Waals surface area contributed by atoms with Crippen LogP contribution in [0.4, 0.5) is 5.82 Å². The van der Waals surface area contributed by atoms with Crippen molar-refractivity contribution in [3.8, 4) is 10.4 Å². The zero-order valence-corrected chi connectivity index (χ0v) is 13.9. The van der Waals surface area contributed by atoms with Crippen molar-refractivity contribution in [3.63, 3.8) is 0 Å². The molecule has 6 heteroatoms. The highest BCUT2D eigenvalue weighted by Crippen LogP contribution is 2.36. The first-order chi connectivity index (χ1) is 11.7. The van der Waals surface area contributed by atoms with Crippen LogP contribution in [0, 0.1) is 5.92 Å².